The first-order valence-electron chi connectivity index (χ1n) is 8.59. The number of nitrogens with zero attached hydrogens (tertiary/aromatic N) is 3. The lowest BCUT2D eigenvalue weighted by Gasteiger charge is -2.20. The predicted octanol–water partition coefficient (Wildman–Crippen LogP) is 2.00. The molecule has 0 atom stereocenters. The number of ether oxygens (including phenoxy) is 2. The first-order chi connectivity index (χ1) is 12.1. The van der Waals surface area contributed by atoms with Crippen molar-refractivity contribution >= 4 is 5.91 Å². The zero-order valence-corrected chi connectivity index (χ0v) is 15.1. The van der Waals surface area contributed by atoms with Crippen LogP contribution in [-0.2, 0) is 31.1 Å². The van der Waals surface area contributed by atoms with E-state index in [1.54, 1.807) is 18.9 Å². The molecule has 2 aromatic rings. The number of methoxy groups -OCH3 is 2. The van der Waals surface area contributed by atoms with E-state index in [1.165, 1.54) is 11.1 Å². The molecule has 0 aliphatic carbocycles. The number of benzene rings is 1. The van der Waals surface area contributed by atoms with E-state index in [2.05, 4.69) is 5.10 Å². The Labute approximate surface area is 148 Å². The van der Waals surface area contributed by atoms with Gasteiger partial charge in [-0.25, -0.2) is 0 Å². The number of hydrogen-bond acceptors (Lipinski definition) is 4. The summed E-state index contributed by atoms with van der Waals surface area (Å²) in [4.78, 5) is 14.5. The first kappa shape index (κ1) is 17.3. The van der Waals surface area contributed by atoms with Crippen LogP contribution in [0, 0.1) is 0 Å². The van der Waals surface area contributed by atoms with Crippen molar-refractivity contribution in [1.29, 1.82) is 0 Å². The molecule has 2 heterocycles. The monoisotopic (exact) mass is 343 g/mol. The maximum Gasteiger partial charge on any atom is 0.222 e. The van der Waals surface area contributed by atoms with Crippen molar-refractivity contribution in [1.82, 2.24) is 14.7 Å². The summed E-state index contributed by atoms with van der Waals surface area (Å²) in [5.74, 6) is 1.70. The van der Waals surface area contributed by atoms with E-state index < -0.39 is 0 Å². The third kappa shape index (κ3) is 3.95. The average Bonchev–Trinajstić information content (AvgIpc) is 2.93. The van der Waals surface area contributed by atoms with Crippen molar-refractivity contribution in [2.45, 2.75) is 25.7 Å². The second-order valence-electron chi connectivity index (χ2n) is 6.38. The van der Waals surface area contributed by atoms with E-state index in [-0.39, 0.29) is 5.91 Å². The third-order valence-electron chi connectivity index (χ3n) is 4.75. The molecule has 0 N–H and O–H groups in total. The number of amides is 1. The number of aromatic nitrogens is 2. The molecule has 3 rings (SSSR count). The fourth-order valence-electron chi connectivity index (χ4n) is 3.31. The molecule has 0 bridgehead atoms. The Balaban J connectivity index is 1.64. The lowest BCUT2D eigenvalue weighted by atomic mass is 10.0. The summed E-state index contributed by atoms with van der Waals surface area (Å²) < 4.78 is 12.6. The quantitative estimate of drug-likeness (QED) is 0.833. The Bertz CT molecular complexity index is 719. The minimum atomic E-state index is 0.204. The topological polar surface area (TPSA) is 56.6 Å². The molecule has 0 spiro atoms. The van der Waals surface area contributed by atoms with Gasteiger partial charge in [-0.3, -0.25) is 9.48 Å². The number of carbonyl (C=O) groups is 1. The van der Waals surface area contributed by atoms with Gasteiger partial charge >= 0.3 is 0 Å². The second-order valence-corrected chi connectivity index (χ2v) is 6.38. The number of hydrogen-bond donors (Lipinski definition) is 0. The fourth-order valence-corrected chi connectivity index (χ4v) is 3.31. The summed E-state index contributed by atoms with van der Waals surface area (Å²) in [6.45, 7) is 1.49. The molecule has 134 valence electrons. The normalized spacial score (nSPS) is 14.0. The Kier molecular flexibility index (Phi) is 5.26. The zero-order valence-electron chi connectivity index (χ0n) is 15.1. The minimum Gasteiger partial charge on any atom is -0.493 e. The van der Waals surface area contributed by atoms with Gasteiger partial charge in [-0.1, -0.05) is 0 Å². The van der Waals surface area contributed by atoms with Crippen LogP contribution in [0.5, 0.6) is 11.5 Å². The van der Waals surface area contributed by atoms with Gasteiger partial charge in [0.2, 0.25) is 5.91 Å². The van der Waals surface area contributed by atoms with Crippen LogP contribution in [0.1, 0.15) is 23.1 Å². The van der Waals surface area contributed by atoms with Gasteiger partial charge in [-0.2, -0.15) is 5.10 Å². The summed E-state index contributed by atoms with van der Waals surface area (Å²) in [5.41, 5.74) is 3.57. The van der Waals surface area contributed by atoms with Gasteiger partial charge in [0.1, 0.15) is 0 Å². The molecule has 0 saturated carbocycles. The van der Waals surface area contributed by atoms with Crippen LogP contribution in [-0.4, -0.2) is 47.9 Å². The van der Waals surface area contributed by atoms with Gasteiger partial charge in [0.15, 0.2) is 11.5 Å². The van der Waals surface area contributed by atoms with E-state index in [9.17, 15) is 4.79 Å². The van der Waals surface area contributed by atoms with E-state index >= 15 is 0 Å². The maximum atomic E-state index is 12.6. The summed E-state index contributed by atoms with van der Waals surface area (Å²) in [5, 5.41) is 4.15. The molecule has 6 nitrogen and oxygen atoms in total. The highest BCUT2D eigenvalue weighted by atomic mass is 16.5. The fraction of sp³-hybridized carbons (Fsp3) is 0.474. The van der Waals surface area contributed by atoms with Crippen molar-refractivity contribution in [2.75, 3.05) is 27.3 Å². The highest BCUT2D eigenvalue weighted by molar-refractivity contribution is 5.76. The molecule has 1 amide bonds. The molecule has 1 aliphatic heterocycles. The maximum absolute atomic E-state index is 12.6. The van der Waals surface area contributed by atoms with Crippen LogP contribution in [0.15, 0.2) is 24.5 Å². The van der Waals surface area contributed by atoms with Crippen LogP contribution >= 0.6 is 0 Å². The summed E-state index contributed by atoms with van der Waals surface area (Å²) in [6.07, 6.45) is 6.73. The van der Waals surface area contributed by atoms with Crippen LogP contribution in [0.25, 0.3) is 0 Å². The average molecular weight is 343 g/mol. The largest absolute Gasteiger partial charge is 0.493 e. The van der Waals surface area contributed by atoms with Gasteiger partial charge in [-0.05, 0) is 48.1 Å². The molecule has 0 fully saturated rings. The lowest BCUT2D eigenvalue weighted by molar-refractivity contribution is -0.131. The van der Waals surface area contributed by atoms with Crippen molar-refractivity contribution in [3.63, 3.8) is 0 Å². The molecule has 0 radical (unpaired) electrons. The smallest absolute Gasteiger partial charge is 0.222 e. The molecule has 0 unspecified atom stereocenters. The van der Waals surface area contributed by atoms with Crippen molar-refractivity contribution < 1.29 is 14.3 Å². The molecular formula is C19H25N3O3. The molecule has 0 saturated heterocycles. The highest BCUT2D eigenvalue weighted by Gasteiger charge is 2.20. The lowest BCUT2D eigenvalue weighted by Crippen LogP contribution is -2.33. The Morgan fingerprint density at radius 2 is 1.72 bits per heavy atom. The summed E-state index contributed by atoms with van der Waals surface area (Å²) in [7, 11) is 5.18. The van der Waals surface area contributed by atoms with Crippen LogP contribution < -0.4 is 9.47 Å². The second kappa shape index (κ2) is 7.59. The molecule has 1 aromatic heterocycles. The van der Waals surface area contributed by atoms with E-state index in [0.717, 1.165) is 49.4 Å². The molecular weight excluding hydrogens is 318 g/mol. The molecule has 1 aromatic carbocycles. The third-order valence-corrected chi connectivity index (χ3v) is 4.75. The van der Waals surface area contributed by atoms with Crippen LogP contribution in [0.2, 0.25) is 0 Å². The van der Waals surface area contributed by atoms with Gasteiger partial charge in [0.25, 0.3) is 0 Å². The Morgan fingerprint density at radius 1 is 1.12 bits per heavy atom. The zero-order chi connectivity index (χ0) is 17.8. The SMILES string of the molecule is COc1cc2c(cc1OC)CCN(C(=O)CCc1cnn(C)c1)CC2. The highest BCUT2D eigenvalue weighted by Crippen LogP contribution is 2.32. The summed E-state index contributed by atoms with van der Waals surface area (Å²) >= 11 is 0. The van der Waals surface area contributed by atoms with Gasteiger partial charge in [0.05, 0.1) is 20.4 Å². The standard InChI is InChI=1S/C19H25N3O3/c1-21-13-14(12-20-21)4-5-19(23)22-8-6-15-10-17(24-2)18(25-3)11-16(15)7-9-22/h10-13H,4-9H2,1-3H3. The predicted molar refractivity (Wildman–Crippen MR) is 95.1 cm³/mol. The molecule has 25 heavy (non-hydrogen) atoms. The number of carbonyl (C=O) groups excluding carboxylic acids is 1. The number of aryl methyl sites for hydroxylation is 2. The van der Waals surface area contributed by atoms with Crippen molar-refractivity contribution in [3.8, 4) is 11.5 Å². The number of rotatable bonds is 5. The van der Waals surface area contributed by atoms with Gasteiger partial charge in [-0.15, -0.1) is 0 Å². The van der Waals surface area contributed by atoms with Crippen LogP contribution in [0.3, 0.4) is 0 Å². The van der Waals surface area contributed by atoms with Gasteiger partial charge < -0.3 is 14.4 Å². The van der Waals surface area contributed by atoms with E-state index in [1.807, 2.05) is 36.5 Å². The molecule has 6 heteroatoms. The van der Waals surface area contributed by atoms with Gasteiger partial charge in [0, 0.05) is 32.8 Å². The summed E-state index contributed by atoms with van der Waals surface area (Å²) in [6, 6.07) is 4.08. The number of fused-ring (bicyclic) bond motifs is 1. The van der Waals surface area contributed by atoms with E-state index in [0.29, 0.717) is 6.42 Å². The van der Waals surface area contributed by atoms with Crippen molar-refractivity contribution in [3.05, 3.63) is 41.2 Å². The first-order valence-corrected chi connectivity index (χ1v) is 8.59. The molecule has 1 aliphatic rings. The minimum absolute atomic E-state index is 0.204. The Morgan fingerprint density at radius 3 is 2.20 bits per heavy atom. The van der Waals surface area contributed by atoms with E-state index in [4.69, 9.17) is 9.47 Å². The van der Waals surface area contributed by atoms with Crippen molar-refractivity contribution in [2.24, 2.45) is 7.05 Å². The Hall–Kier alpha value is -2.50. The van der Waals surface area contributed by atoms with Crippen LogP contribution in [0.4, 0.5) is 0 Å².